The van der Waals surface area contributed by atoms with Crippen LogP contribution in [0.15, 0.2) is 48.5 Å². The van der Waals surface area contributed by atoms with Crippen molar-refractivity contribution in [1.29, 1.82) is 0 Å². The molecule has 0 radical (unpaired) electrons. The van der Waals surface area contributed by atoms with E-state index < -0.39 is 6.10 Å². The lowest BCUT2D eigenvalue weighted by molar-refractivity contribution is -0.127. The number of rotatable bonds is 4. The standard InChI is InChI=1S/C17H18N2O2/c18-10-13-6-1-2-7-14(13)11-19-17(20)16-9-12-5-3-4-8-15(12)21-16/h1-8,16H,9-11,18H2,(H,19,20). The quantitative estimate of drug-likeness (QED) is 0.898. The van der Waals surface area contributed by atoms with Crippen molar-refractivity contribution >= 4 is 5.91 Å². The number of hydrogen-bond donors (Lipinski definition) is 2. The fraction of sp³-hybridized carbons (Fsp3) is 0.235. The molecule has 1 aliphatic heterocycles. The van der Waals surface area contributed by atoms with Crippen molar-refractivity contribution in [3.8, 4) is 5.75 Å². The number of ether oxygens (including phenoxy) is 1. The summed E-state index contributed by atoms with van der Waals surface area (Å²) in [5.74, 6) is 0.720. The first-order valence-corrected chi connectivity index (χ1v) is 7.07. The number of benzene rings is 2. The normalized spacial score (nSPS) is 16.1. The zero-order valence-corrected chi connectivity index (χ0v) is 11.7. The van der Waals surface area contributed by atoms with Crippen LogP contribution in [0.25, 0.3) is 0 Å². The molecule has 0 aliphatic carbocycles. The number of hydrogen-bond acceptors (Lipinski definition) is 3. The third kappa shape index (κ3) is 2.90. The van der Waals surface area contributed by atoms with Crippen LogP contribution in [-0.4, -0.2) is 12.0 Å². The molecule has 4 nitrogen and oxygen atoms in total. The Morgan fingerprint density at radius 1 is 1.14 bits per heavy atom. The summed E-state index contributed by atoms with van der Waals surface area (Å²) in [6.07, 6.45) is 0.188. The fourth-order valence-electron chi connectivity index (χ4n) is 2.55. The highest BCUT2D eigenvalue weighted by Gasteiger charge is 2.28. The van der Waals surface area contributed by atoms with Crippen LogP contribution >= 0.6 is 0 Å². The topological polar surface area (TPSA) is 64.3 Å². The van der Waals surface area contributed by atoms with Gasteiger partial charge in [0.1, 0.15) is 5.75 Å². The second-order valence-corrected chi connectivity index (χ2v) is 5.11. The summed E-state index contributed by atoms with van der Waals surface area (Å²) in [5.41, 5.74) is 8.88. The summed E-state index contributed by atoms with van der Waals surface area (Å²) in [7, 11) is 0. The zero-order chi connectivity index (χ0) is 14.7. The minimum atomic E-state index is -0.438. The van der Waals surface area contributed by atoms with E-state index in [2.05, 4.69) is 5.32 Å². The van der Waals surface area contributed by atoms with Crippen LogP contribution < -0.4 is 15.8 Å². The molecular formula is C17H18N2O2. The summed E-state index contributed by atoms with van der Waals surface area (Å²) >= 11 is 0. The van der Waals surface area contributed by atoms with Crippen molar-refractivity contribution in [3.05, 3.63) is 65.2 Å². The molecule has 108 valence electrons. The predicted octanol–water partition coefficient (Wildman–Crippen LogP) is 1.77. The fourth-order valence-corrected chi connectivity index (χ4v) is 2.55. The summed E-state index contributed by atoms with van der Waals surface area (Å²) in [5, 5.41) is 2.93. The van der Waals surface area contributed by atoms with Gasteiger partial charge in [-0.3, -0.25) is 4.79 Å². The highest BCUT2D eigenvalue weighted by molar-refractivity contribution is 5.82. The first-order chi connectivity index (χ1) is 10.3. The molecule has 0 saturated heterocycles. The van der Waals surface area contributed by atoms with Gasteiger partial charge in [0, 0.05) is 19.5 Å². The Morgan fingerprint density at radius 3 is 2.62 bits per heavy atom. The Balaban J connectivity index is 1.61. The number of carbonyl (C=O) groups excluding carboxylic acids is 1. The van der Waals surface area contributed by atoms with Crippen LogP contribution in [0.3, 0.4) is 0 Å². The highest BCUT2D eigenvalue weighted by atomic mass is 16.5. The van der Waals surface area contributed by atoms with Gasteiger partial charge in [0.25, 0.3) is 5.91 Å². The van der Waals surface area contributed by atoms with Gasteiger partial charge in [-0.2, -0.15) is 0 Å². The lowest BCUT2D eigenvalue weighted by atomic mass is 10.1. The Labute approximate surface area is 123 Å². The van der Waals surface area contributed by atoms with Crippen LogP contribution in [-0.2, 0) is 24.3 Å². The van der Waals surface area contributed by atoms with E-state index in [9.17, 15) is 4.79 Å². The molecule has 3 rings (SSSR count). The minimum absolute atomic E-state index is 0.0852. The van der Waals surface area contributed by atoms with Gasteiger partial charge in [-0.25, -0.2) is 0 Å². The number of nitrogens with one attached hydrogen (secondary N) is 1. The Hall–Kier alpha value is -2.33. The largest absolute Gasteiger partial charge is 0.480 e. The molecule has 1 amide bonds. The van der Waals surface area contributed by atoms with E-state index in [0.717, 1.165) is 22.4 Å². The molecule has 1 unspecified atom stereocenters. The van der Waals surface area contributed by atoms with Gasteiger partial charge in [0.15, 0.2) is 6.10 Å². The predicted molar refractivity (Wildman–Crippen MR) is 80.7 cm³/mol. The monoisotopic (exact) mass is 282 g/mol. The summed E-state index contributed by atoms with van der Waals surface area (Å²) < 4.78 is 5.68. The second-order valence-electron chi connectivity index (χ2n) is 5.11. The number of fused-ring (bicyclic) bond motifs is 1. The number of amides is 1. The van der Waals surface area contributed by atoms with Crippen molar-refractivity contribution in [2.24, 2.45) is 5.73 Å². The van der Waals surface area contributed by atoms with Crippen LogP contribution in [0.4, 0.5) is 0 Å². The smallest absolute Gasteiger partial charge is 0.261 e. The molecule has 4 heteroatoms. The van der Waals surface area contributed by atoms with Crippen molar-refractivity contribution in [2.75, 3.05) is 0 Å². The molecule has 3 N–H and O–H groups in total. The van der Waals surface area contributed by atoms with Crippen LogP contribution in [0, 0.1) is 0 Å². The summed E-state index contributed by atoms with van der Waals surface area (Å²) in [6, 6.07) is 15.6. The average Bonchev–Trinajstić information content (AvgIpc) is 2.97. The second kappa shape index (κ2) is 5.97. The molecule has 0 saturated carbocycles. The molecule has 1 aliphatic rings. The van der Waals surface area contributed by atoms with Crippen LogP contribution in [0.1, 0.15) is 16.7 Å². The zero-order valence-electron chi connectivity index (χ0n) is 11.7. The van der Waals surface area contributed by atoms with Crippen molar-refractivity contribution in [1.82, 2.24) is 5.32 Å². The summed E-state index contributed by atoms with van der Waals surface area (Å²) in [4.78, 5) is 12.2. The van der Waals surface area contributed by atoms with Gasteiger partial charge >= 0.3 is 0 Å². The first-order valence-electron chi connectivity index (χ1n) is 7.07. The van der Waals surface area contributed by atoms with E-state index in [4.69, 9.17) is 10.5 Å². The number of para-hydroxylation sites is 1. The third-order valence-electron chi connectivity index (χ3n) is 3.73. The van der Waals surface area contributed by atoms with Crippen molar-refractivity contribution in [2.45, 2.75) is 25.6 Å². The van der Waals surface area contributed by atoms with Crippen molar-refractivity contribution < 1.29 is 9.53 Å². The molecule has 1 atom stereocenters. The molecule has 21 heavy (non-hydrogen) atoms. The van der Waals surface area contributed by atoms with E-state index in [-0.39, 0.29) is 5.91 Å². The molecule has 1 heterocycles. The molecule has 2 aromatic rings. The first kappa shape index (κ1) is 13.6. The van der Waals surface area contributed by atoms with Gasteiger partial charge in [0.05, 0.1) is 0 Å². The lowest BCUT2D eigenvalue weighted by Crippen LogP contribution is -2.37. The van der Waals surface area contributed by atoms with Crippen LogP contribution in [0.5, 0.6) is 5.75 Å². The van der Waals surface area contributed by atoms with Gasteiger partial charge in [0.2, 0.25) is 0 Å². The third-order valence-corrected chi connectivity index (χ3v) is 3.73. The maximum atomic E-state index is 12.2. The molecule has 0 fully saturated rings. The Morgan fingerprint density at radius 2 is 1.86 bits per heavy atom. The average molecular weight is 282 g/mol. The van der Waals surface area contributed by atoms with E-state index >= 15 is 0 Å². The molecule has 0 bridgehead atoms. The Bertz CT molecular complexity index is 630. The van der Waals surface area contributed by atoms with Gasteiger partial charge < -0.3 is 15.8 Å². The maximum Gasteiger partial charge on any atom is 0.261 e. The van der Waals surface area contributed by atoms with Crippen molar-refractivity contribution in [3.63, 3.8) is 0 Å². The van der Waals surface area contributed by atoms with Gasteiger partial charge in [-0.15, -0.1) is 0 Å². The van der Waals surface area contributed by atoms with Gasteiger partial charge in [-0.05, 0) is 22.8 Å². The minimum Gasteiger partial charge on any atom is -0.480 e. The molecule has 0 spiro atoms. The number of carbonyl (C=O) groups is 1. The summed E-state index contributed by atoms with van der Waals surface area (Å²) in [6.45, 7) is 0.944. The van der Waals surface area contributed by atoms with E-state index in [1.807, 2.05) is 48.5 Å². The molecule has 0 aromatic heterocycles. The Kier molecular flexibility index (Phi) is 3.88. The van der Waals surface area contributed by atoms with E-state index in [1.54, 1.807) is 0 Å². The molecule has 2 aromatic carbocycles. The van der Waals surface area contributed by atoms with E-state index in [0.29, 0.717) is 19.5 Å². The highest BCUT2D eigenvalue weighted by Crippen LogP contribution is 2.28. The van der Waals surface area contributed by atoms with Gasteiger partial charge in [-0.1, -0.05) is 42.5 Å². The maximum absolute atomic E-state index is 12.2. The SMILES string of the molecule is NCc1ccccc1CNC(=O)C1Cc2ccccc2O1. The number of nitrogens with two attached hydrogens (primary N) is 1. The van der Waals surface area contributed by atoms with E-state index in [1.165, 1.54) is 0 Å². The molecular weight excluding hydrogens is 264 g/mol. The van der Waals surface area contributed by atoms with Crippen LogP contribution in [0.2, 0.25) is 0 Å². The lowest BCUT2D eigenvalue weighted by Gasteiger charge is -2.13.